The Kier molecular flexibility index (Phi) is 4.11. The molecule has 0 atom stereocenters. The van der Waals surface area contributed by atoms with Crippen LogP contribution in [0.2, 0.25) is 0 Å². The number of ketones is 1. The largest absolute Gasteiger partial charge is 0.495 e. The van der Waals surface area contributed by atoms with Crippen LogP contribution in [0.3, 0.4) is 0 Å². The van der Waals surface area contributed by atoms with Gasteiger partial charge in [0.1, 0.15) is 10.6 Å². The molecule has 0 bridgehead atoms. The molecule has 2 N–H and O–H groups in total. The molecular weight excluding hydrogens is 290 g/mol. The van der Waals surface area contributed by atoms with E-state index in [0.29, 0.717) is 11.1 Å². The van der Waals surface area contributed by atoms with Crippen LogP contribution in [0.25, 0.3) is 11.1 Å². The van der Waals surface area contributed by atoms with E-state index < -0.39 is 10.0 Å². The molecule has 0 saturated heterocycles. The van der Waals surface area contributed by atoms with Gasteiger partial charge in [0.2, 0.25) is 10.0 Å². The molecule has 0 fully saturated rings. The molecule has 0 unspecified atom stereocenters. The van der Waals surface area contributed by atoms with Gasteiger partial charge < -0.3 is 4.74 Å². The van der Waals surface area contributed by atoms with Crippen LogP contribution < -0.4 is 9.88 Å². The minimum Gasteiger partial charge on any atom is -0.495 e. The van der Waals surface area contributed by atoms with Crippen LogP contribution in [-0.4, -0.2) is 21.3 Å². The number of rotatable bonds is 4. The molecule has 0 heterocycles. The highest BCUT2D eigenvalue weighted by Crippen LogP contribution is 2.29. The Morgan fingerprint density at radius 2 is 1.76 bits per heavy atom. The summed E-state index contributed by atoms with van der Waals surface area (Å²) >= 11 is 0. The molecule has 2 rings (SSSR count). The lowest BCUT2D eigenvalue weighted by atomic mass is 10.0. The highest BCUT2D eigenvalue weighted by molar-refractivity contribution is 7.89. The van der Waals surface area contributed by atoms with Crippen molar-refractivity contribution in [1.82, 2.24) is 0 Å². The lowest BCUT2D eigenvalue weighted by Gasteiger charge is -2.10. The number of sulfonamides is 1. The van der Waals surface area contributed by atoms with Gasteiger partial charge >= 0.3 is 0 Å². The van der Waals surface area contributed by atoms with E-state index in [-0.39, 0.29) is 16.4 Å². The standard InChI is InChI=1S/C15H15NO4S/c1-10(17)11-4-3-5-12(8-11)13-6-7-14(20-2)15(9-13)21(16,18)19/h3-9H,1-2H3,(H2,16,18,19). The van der Waals surface area contributed by atoms with Crippen LogP contribution in [0.4, 0.5) is 0 Å². The first-order valence-electron chi connectivity index (χ1n) is 6.15. The molecule has 2 aromatic rings. The summed E-state index contributed by atoms with van der Waals surface area (Å²) in [7, 11) is -2.52. The number of nitrogens with two attached hydrogens (primary N) is 1. The predicted octanol–water partition coefficient (Wildman–Crippen LogP) is 2.21. The van der Waals surface area contributed by atoms with Crippen molar-refractivity contribution < 1.29 is 17.9 Å². The summed E-state index contributed by atoms with van der Waals surface area (Å²) in [4.78, 5) is 11.3. The number of benzene rings is 2. The maximum Gasteiger partial charge on any atom is 0.241 e. The Morgan fingerprint density at radius 1 is 1.10 bits per heavy atom. The lowest BCUT2D eigenvalue weighted by Crippen LogP contribution is -2.13. The molecule has 0 aromatic heterocycles. The Balaban J connectivity index is 2.61. The maximum absolute atomic E-state index is 11.6. The second-order valence-electron chi connectivity index (χ2n) is 4.55. The Hall–Kier alpha value is -2.18. The topological polar surface area (TPSA) is 86.5 Å². The van der Waals surface area contributed by atoms with E-state index in [1.807, 2.05) is 0 Å². The zero-order valence-electron chi connectivity index (χ0n) is 11.7. The normalized spacial score (nSPS) is 11.2. The molecule has 0 aliphatic carbocycles. The van der Waals surface area contributed by atoms with Gasteiger partial charge in [-0.3, -0.25) is 4.79 Å². The van der Waals surface area contributed by atoms with Crippen LogP contribution in [-0.2, 0) is 10.0 Å². The van der Waals surface area contributed by atoms with E-state index in [0.717, 1.165) is 5.56 Å². The maximum atomic E-state index is 11.6. The van der Waals surface area contributed by atoms with Crippen molar-refractivity contribution in [2.75, 3.05) is 7.11 Å². The zero-order chi connectivity index (χ0) is 15.6. The van der Waals surface area contributed by atoms with Gasteiger partial charge in [0.25, 0.3) is 0 Å². The van der Waals surface area contributed by atoms with Gasteiger partial charge in [-0.1, -0.05) is 24.3 Å². The van der Waals surface area contributed by atoms with Crippen molar-refractivity contribution in [3.05, 3.63) is 48.0 Å². The Morgan fingerprint density at radius 3 is 2.33 bits per heavy atom. The van der Waals surface area contributed by atoms with Crippen LogP contribution in [0.5, 0.6) is 5.75 Å². The summed E-state index contributed by atoms with van der Waals surface area (Å²) in [5, 5.41) is 5.20. The SMILES string of the molecule is COc1ccc(-c2cccc(C(C)=O)c2)cc1S(N)(=O)=O. The molecule has 21 heavy (non-hydrogen) atoms. The highest BCUT2D eigenvalue weighted by Gasteiger charge is 2.16. The quantitative estimate of drug-likeness (QED) is 0.877. The zero-order valence-corrected chi connectivity index (χ0v) is 12.5. The average Bonchev–Trinajstić information content (AvgIpc) is 2.45. The molecule has 0 radical (unpaired) electrons. The van der Waals surface area contributed by atoms with Crippen LogP contribution in [0.15, 0.2) is 47.4 Å². The third-order valence-electron chi connectivity index (χ3n) is 3.07. The highest BCUT2D eigenvalue weighted by atomic mass is 32.2. The first-order chi connectivity index (χ1) is 9.82. The van der Waals surface area contributed by atoms with E-state index in [9.17, 15) is 13.2 Å². The van der Waals surface area contributed by atoms with Gasteiger partial charge in [0, 0.05) is 5.56 Å². The molecule has 6 heteroatoms. The summed E-state index contributed by atoms with van der Waals surface area (Å²) in [5.41, 5.74) is 1.93. The second-order valence-corrected chi connectivity index (χ2v) is 6.08. The number of ether oxygens (including phenoxy) is 1. The van der Waals surface area contributed by atoms with Gasteiger partial charge in [-0.2, -0.15) is 0 Å². The van der Waals surface area contributed by atoms with Gasteiger partial charge in [-0.15, -0.1) is 0 Å². The summed E-state index contributed by atoms with van der Waals surface area (Å²) in [6.45, 7) is 1.48. The molecule has 0 aliphatic rings. The summed E-state index contributed by atoms with van der Waals surface area (Å²) in [5.74, 6) is 0.126. The predicted molar refractivity (Wildman–Crippen MR) is 79.8 cm³/mol. The number of methoxy groups -OCH3 is 1. The van der Waals surface area contributed by atoms with Crippen molar-refractivity contribution in [3.8, 4) is 16.9 Å². The molecule has 0 spiro atoms. The smallest absolute Gasteiger partial charge is 0.241 e. The molecule has 110 valence electrons. The fourth-order valence-electron chi connectivity index (χ4n) is 2.00. The number of Topliss-reactive ketones (excluding diaryl/α,β-unsaturated/α-hetero) is 1. The van der Waals surface area contributed by atoms with Gasteiger partial charge in [-0.25, -0.2) is 13.6 Å². The Labute approximate surface area is 123 Å². The number of carbonyl (C=O) groups excluding carboxylic acids is 1. The minimum absolute atomic E-state index is 0.0583. The van der Waals surface area contributed by atoms with Crippen LogP contribution in [0.1, 0.15) is 17.3 Å². The Bertz CT molecular complexity index is 797. The lowest BCUT2D eigenvalue weighted by molar-refractivity contribution is 0.101. The first-order valence-corrected chi connectivity index (χ1v) is 7.70. The van der Waals surface area contributed by atoms with Crippen molar-refractivity contribution in [1.29, 1.82) is 0 Å². The fourth-order valence-corrected chi connectivity index (χ4v) is 2.72. The minimum atomic E-state index is -3.89. The number of primary sulfonamides is 1. The molecule has 2 aromatic carbocycles. The van der Waals surface area contributed by atoms with E-state index in [1.54, 1.807) is 30.3 Å². The molecular formula is C15H15NO4S. The molecule has 0 aliphatic heterocycles. The van der Waals surface area contributed by atoms with E-state index in [2.05, 4.69) is 0 Å². The monoisotopic (exact) mass is 305 g/mol. The third-order valence-corrected chi connectivity index (χ3v) is 4.00. The van der Waals surface area contributed by atoms with E-state index in [4.69, 9.17) is 9.88 Å². The molecule has 5 nitrogen and oxygen atoms in total. The van der Waals surface area contributed by atoms with Crippen molar-refractivity contribution in [3.63, 3.8) is 0 Å². The second kappa shape index (κ2) is 5.67. The number of hydrogen-bond donors (Lipinski definition) is 1. The van der Waals surface area contributed by atoms with Crippen molar-refractivity contribution >= 4 is 15.8 Å². The van der Waals surface area contributed by atoms with Crippen LogP contribution >= 0.6 is 0 Å². The third kappa shape index (κ3) is 3.29. The number of hydrogen-bond acceptors (Lipinski definition) is 4. The summed E-state index contributed by atoms with van der Waals surface area (Å²) in [6, 6.07) is 11.6. The first kappa shape index (κ1) is 15.2. The van der Waals surface area contributed by atoms with E-state index in [1.165, 1.54) is 26.2 Å². The fraction of sp³-hybridized carbons (Fsp3) is 0.133. The van der Waals surface area contributed by atoms with Gasteiger partial charge in [0.15, 0.2) is 5.78 Å². The van der Waals surface area contributed by atoms with Crippen molar-refractivity contribution in [2.24, 2.45) is 5.14 Å². The van der Waals surface area contributed by atoms with E-state index >= 15 is 0 Å². The van der Waals surface area contributed by atoms with Crippen LogP contribution in [0, 0.1) is 0 Å². The van der Waals surface area contributed by atoms with Gasteiger partial charge in [0.05, 0.1) is 7.11 Å². The molecule has 0 amide bonds. The molecule has 0 saturated carbocycles. The van der Waals surface area contributed by atoms with Crippen molar-refractivity contribution in [2.45, 2.75) is 11.8 Å². The summed E-state index contributed by atoms with van der Waals surface area (Å²) < 4.78 is 28.2. The number of carbonyl (C=O) groups is 1. The average molecular weight is 305 g/mol. The summed E-state index contributed by atoms with van der Waals surface area (Å²) in [6.07, 6.45) is 0. The van der Waals surface area contributed by atoms with Gasteiger partial charge in [-0.05, 0) is 36.2 Å².